The predicted molar refractivity (Wildman–Crippen MR) is 106 cm³/mol. The average Bonchev–Trinajstić information content (AvgIpc) is 3.02. The summed E-state index contributed by atoms with van der Waals surface area (Å²) in [7, 11) is -3.75. The second-order valence-corrected chi connectivity index (χ2v) is 8.11. The van der Waals surface area contributed by atoms with E-state index in [1.165, 1.54) is 12.1 Å². The molecule has 0 spiro atoms. The molecule has 2 aromatic carbocycles. The first-order valence-electron chi connectivity index (χ1n) is 8.12. The van der Waals surface area contributed by atoms with E-state index in [1.807, 2.05) is 18.2 Å². The number of hydrogen-bond donors (Lipinski definition) is 2. The minimum Gasteiger partial charge on any atom is -0.382 e. The van der Waals surface area contributed by atoms with Crippen LogP contribution in [0, 0.1) is 0 Å². The van der Waals surface area contributed by atoms with Gasteiger partial charge in [0.25, 0.3) is 10.0 Å². The van der Waals surface area contributed by atoms with Crippen LogP contribution in [0.1, 0.15) is 11.3 Å². The summed E-state index contributed by atoms with van der Waals surface area (Å²) in [6.07, 6.45) is 0. The normalized spacial score (nSPS) is 13.1. The van der Waals surface area contributed by atoms with Crippen molar-refractivity contribution in [2.75, 3.05) is 4.72 Å². The molecule has 8 heteroatoms. The van der Waals surface area contributed by atoms with Gasteiger partial charge in [0.1, 0.15) is 11.5 Å². The van der Waals surface area contributed by atoms with Gasteiger partial charge in [-0.25, -0.2) is 13.4 Å². The van der Waals surface area contributed by atoms with Crippen LogP contribution in [0.3, 0.4) is 0 Å². The maximum atomic E-state index is 12.6. The molecule has 0 atom stereocenters. The van der Waals surface area contributed by atoms with E-state index in [4.69, 9.17) is 17.3 Å². The Hall–Kier alpha value is -2.90. The number of aliphatic imine (C=N–C) groups is 1. The standard InChI is InChI=1S/C19H15ClN4O2S/c20-16-10-14(27(25,26)24-13-4-2-1-3-5-13)7-8-15(16)17-9-6-12-11-22-19(21)18(12)23-17/h1-10,24H,11H2,(H2,21,22). The van der Waals surface area contributed by atoms with E-state index < -0.39 is 10.0 Å². The van der Waals surface area contributed by atoms with Crippen molar-refractivity contribution in [2.24, 2.45) is 10.7 Å². The maximum absolute atomic E-state index is 12.6. The molecule has 0 amide bonds. The Morgan fingerprint density at radius 3 is 2.56 bits per heavy atom. The van der Waals surface area contributed by atoms with E-state index in [0.29, 0.717) is 35.0 Å². The van der Waals surface area contributed by atoms with E-state index in [2.05, 4.69) is 14.7 Å². The van der Waals surface area contributed by atoms with Crippen LogP contribution in [0.15, 0.2) is 70.6 Å². The second kappa shape index (κ2) is 6.68. The minimum absolute atomic E-state index is 0.0716. The van der Waals surface area contributed by atoms with Crippen molar-refractivity contribution in [3.8, 4) is 11.3 Å². The van der Waals surface area contributed by atoms with Crippen molar-refractivity contribution < 1.29 is 8.42 Å². The van der Waals surface area contributed by atoms with Gasteiger partial charge in [-0.15, -0.1) is 0 Å². The van der Waals surface area contributed by atoms with E-state index in [1.54, 1.807) is 30.3 Å². The van der Waals surface area contributed by atoms with Gasteiger partial charge in [0, 0.05) is 16.8 Å². The van der Waals surface area contributed by atoms with Crippen LogP contribution in [-0.4, -0.2) is 19.2 Å². The first-order valence-corrected chi connectivity index (χ1v) is 9.98. The van der Waals surface area contributed by atoms with Crippen molar-refractivity contribution in [3.63, 3.8) is 0 Å². The molecule has 0 unspecified atom stereocenters. The van der Waals surface area contributed by atoms with Crippen LogP contribution >= 0.6 is 11.6 Å². The molecule has 3 aromatic rings. The molecule has 0 radical (unpaired) electrons. The first kappa shape index (κ1) is 17.5. The van der Waals surface area contributed by atoms with Crippen molar-refractivity contribution in [1.29, 1.82) is 0 Å². The molecule has 0 saturated heterocycles. The van der Waals surface area contributed by atoms with E-state index in [0.717, 1.165) is 5.56 Å². The highest BCUT2D eigenvalue weighted by molar-refractivity contribution is 7.92. The smallest absolute Gasteiger partial charge is 0.261 e. The van der Waals surface area contributed by atoms with Crippen LogP contribution in [0.5, 0.6) is 0 Å². The summed E-state index contributed by atoms with van der Waals surface area (Å²) >= 11 is 6.37. The largest absolute Gasteiger partial charge is 0.382 e. The fourth-order valence-electron chi connectivity index (χ4n) is 2.82. The van der Waals surface area contributed by atoms with Crippen molar-refractivity contribution in [3.05, 3.63) is 76.9 Å². The fourth-order valence-corrected chi connectivity index (χ4v) is 4.25. The lowest BCUT2D eigenvalue weighted by Crippen LogP contribution is -2.13. The molecule has 1 aliphatic heterocycles. The third-order valence-corrected chi connectivity index (χ3v) is 5.89. The van der Waals surface area contributed by atoms with Gasteiger partial charge in [0.15, 0.2) is 0 Å². The molecule has 4 rings (SSSR count). The summed E-state index contributed by atoms with van der Waals surface area (Å²) in [4.78, 5) is 8.75. The van der Waals surface area contributed by atoms with E-state index in [-0.39, 0.29) is 9.92 Å². The Morgan fingerprint density at radius 2 is 1.81 bits per heavy atom. The molecule has 6 nitrogen and oxygen atoms in total. The Morgan fingerprint density at radius 1 is 1.04 bits per heavy atom. The zero-order valence-electron chi connectivity index (χ0n) is 14.1. The van der Waals surface area contributed by atoms with Gasteiger partial charge in [-0.3, -0.25) is 9.71 Å². The number of nitrogens with two attached hydrogens (primary N) is 1. The maximum Gasteiger partial charge on any atom is 0.261 e. The SMILES string of the molecule is NC1=NCc2ccc(-c3ccc(S(=O)(=O)Nc4ccccc4)cc3Cl)nc21. The number of rotatable bonds is 4. The number of para-hydroxylation sites is 1. The lowest BCUT2D eigenvalue weighted by atomic mass is 10.1. The number of sulfonamides is 1. The van der Waals surface area contributed by atoms with Crippen LogP contribution in [0.25, 0.3) is 11.3 Å². The molecule has 0 fully saturated rings. The molecule has 0 bridgehead atoms. The number of amidine groups is 1. The zero-order chi connectivity index (χ0) is 19.0. The molecule has 0 saturated carbocycles. The molecule has 3 N–H and O–H groups in total. The number of hydrogen-bond acceptors (Lipinski definition) is 5. The summed E-state index contributed by atoms with van der Waals surface area (Å²) < 4.78 is 27.7. The highest BCUT2D eigenvalue weighted by atomic mass is 35.5. The van der Waals surface area contributed by atoms with Gasteiger partial charge in [0.05, 0.1) is 22.2 Å². The third-order valence-electron chi connectivity index (χ3n) is 4.19. The van der Waals surface area contributed by atoms with Gasteiger partial charge in [-0.05, 0) is 36.4 Å². The average molecular weight is 399 g/mol. The first-order chi connectivity index (χ1) is 12.9. The van der Waals surface area contributed by atoms with E-state index >= 15 is 0 Å². The quantitative estimate of drug-likeness (QED) is 0.703. The fraction of sp³-hybridized carbons (Fsp3) is 0.0526. The number of anilines is 1. The minimum atomic E-state index is -3.75. The molecular weight excluding hydrogens is 384 g/mol. The number of fused-ring (bicyclic) bond motifs is 1. The van der Waals surface area contributed by atoms with Gasteiger partial charge in [0.2, 0.25) is 0 Å². The molecular formula is C19H15ClN4O2S. The molecule has 2 heterocycles. The van der Waals surface area contributed by atoms with Crippen LogP contribution < -0.4 is 10.5 Å². The summed E-state index contributed by atoms with van der Waals surface area (Å²) in [6, 6.07) is 16.9. The second-order valence-electron chi connectivity index (χ2n) is 6.02. The van der Waals surface area contributed by atoms with Crippen LogP contribution in [0.2, 0.25) is 5.02 Å². The van der Waals surface area contributed by atoms with Crippen molar-refractivity contribution in [1.82, 2.24) is 4.98 Å². The van der Waals surface area contributed by atoms with Crippen LogP contribution in [-0.2, 0) is 16.6 Å². The van der Waals surface area contributed by atoms with Gasteiger partial charge in [-0.1, -0.05) is 35.9 Å². The van der Waals surface area contributed by atoms with E-state index in [9.17, 15) is 8.42 Å². The number of nitrogens with one attached hydrogen (secondary N) is 1. The summed E-state index contributed by atoms with van der Waals surface area (Å²) in [5.74, 6) is 0.397. The van der Waals surface area contributed by atoms with Gasteiger partial charge < -0.3 is 5.73 Å². The Bertz CT molecular complexity index is 1160. The predicted octanol–water partition coefficient (Wildman–Crippen LogP) is 3.42. The topological polar surface area (TPSA) is 97.4 Å². The monoisotopic (exact) mass is 398 g/mol. The number of halogens is 1. The summed E-state index contributed by atoms with van der Waals surface area (Å²) in [6.45, 7) is 0.518. The zero-order valence-corrected chi connectivity index (χ0v) is 15.6. The van der Waals surface area contributed by atoms with Crippen LogP contribution in [0.4, 0.5) is 5.69 Å². The van der Waals surface area contributed by atoms with Gasteiger partial charge >= 0.3 is 0 Å². The summed E-state index contributed by atoms with van der Waals surface area (Å²) in [5.41, 5.74) is 9.17. The highest BCUT2D eigenvalue weighted by Gasteiger charge is 2.19. The third kappa shape index (κ3) is 3.39. The molecule has 1 aliphatic rings. The Balaban J connectivity index is 1.67. The molecule has 136 valence electrons. The lowest BCUT2D eigenvalue weighted by molar-refractivity contribution is 0.601. The number of benzene rings is 2. The molecule has 1 aromatic heterocycles. The van der Waals surface area contributed by atoms with Crippen molar-refractivity contribution in [2.45, 2.75) is 11.4 Å². The van der Waals surface area contributed by atoms with Gasteiger partial charge in [-0.2, -0.15) is 0 Å². The Kier molecular flexibility index (Phi) is 4.33. The Labute approximate surface area is 161 Å². The highest BCUT2D eigenvalue weighted by Crippen LogP contribution is 2.31. The number of nitrogens with zero attached hydrogens (tertiary/aromatic N) is 2. The summed E-state index contributed by atoms with van der Waals surface area (Å²) in [5, 5.41) is 0.284. The number of pyridine rings is 1. The molecule has 0 aliphatic carbocycles. The van der Waals surface area contributed by atoms with Crippen molar-refractivity contribution >= 4 is 33.1 Å². The molecule has 27 heavy (non-hydrogen) atoms. The number of aromatic nitrogens is 1. The lowest BCUT2D eigenvalue weighted by Gasteiger charge is -2.11.